The molecule has 126 valence electrons. The predicted molar refractivity (Wildman–Crippen MR) is 91.2 cm³/mol. The van der Waals surface area contributed by atoms with Crippen molar-refractivity contribution in [2.75, 3.05) is 25.9 Å². The molecule has 1 atom stereocenters. The highest BCUT2D eigenvalue weighted by atomic mass is 32.2. The van der Waals surface area contributed by atoms with Crippen molar-refractivity contribution in [2.24, 2.45) is 12.0 Å². The van der Waals surface area contributed by atoms with Gasteiger partial charge in [0, 0.05) is 41.9 Å². The van der Waals surface area contributed by atoms with Gasteiger partial charge in [-0.3, -0.25) is 13.9 Å². The van der Waals surface area contributed by atoms with Crippen LogP contribution in [0.5, 0.6) is 0 Å². The Bertz CT molecular complexity index is 520. The smallest absolute Gasteiger partial charge is 0.194 e. The molecule has 0 fully saturated rings. The van der Waals surface area contributed by atoms with Crippen molar-refractivity contribution in [3.05, 3.63) is 12.2 Å². The highest BCUT2D eigenvalue weighted by Crippen LogP contribution is 2.11. The number of hydrogen-bond donors (Lipinski definition) is 1. The molecule has 1 N–H and O–H groups in total. The summed E-state index contributed by atoms with van der Waals surface area (Å²) in [4.78, 5) is 10.8. The molecule has 0 spiro atoms. The van der Waals surface area contributed by atoms with E-state index in [0.29, 0.717) is 18.8 Å². The molecule has 0 aliphatic carbocycles. The highest BCUT2D eigenvalue weighted by Gasteiger charge is 2.18. The largest absolute Gasteiger partial charge is 0.357 e. The Morgan fingerprint density at radius 3 is 2.68 bits per heavy atom. The normalized spacial score (nSPS) is 14.0. The highest BCUT2D eigenvalue weighted by molar-refractivity contribution is 7.86. The Kier molecular flexibility index (Phi) is 6.99. The number of guanidine groups is 1. The second kappa shape index (κ2) is 8.26. The molecule has 0 saturated carbocycles. The summed E-state index contributed by atoms with van der Waals surface area (Å²) in [7, 11) is 2.94. The Hall–Kier alpha value is -1.44. The lowest BCUT2D eigenvalue weighted by atomic mass is 10.3. The molecule has 8 heteroatoms. The van der Waals surface area contributed by atoms with Gasteiger partial charge in [0.2, 0.25) is 0 Å². The van der Waals surface area contributed by atoms with E-state index in [0.717, 1.165) is 18.3 Å². The van der Waals surface area contributed by atoms with Crippen LogP contribution in [0.4, 0.5) is 0 Å². The van der Waals surface area contributed by atoms with Gasteiger partial charge in [0.1, 0.15) is 12.2 Å². The molecule has 1 aromatic heterocycles. The number of rotatable bonds is 6. The lowest BCUT2D eigenvalue weighted by Crippen LogP contribution is -2.39. The summed E-state index contributed by atoms with van der Waals surface area (Å²) in [5.41, 5.74) is 0. The van der Waals surface area contributed by atoms with Crippen molar-refractivity contribution in [2.45, 2.75) is 39.0 Å². The van der Waals surface area contributed by atoms with Gasteiger partial charge in [-0.15, -0.1) is 0 Å². The van der Waals surface area contributed by atoms with Crippen LogP contribution in [-0.4, -0.2) is 60.5 Å². The summed E-state index contributed by atoms with van der Waals surface area (Å²) in [6.07, 6.45) is 1.54. The molecule has 0 amide bonds. The van der Waals surface area contributed by atoms with Crippen LogP contribution in [0.2, 0.25) is 0 Å². The third-order valence-electron chi connectivity index (χ3n) is 3.10. The van der Waals surface area contributed by atoms with E-state index in [9.17, 15) is 4.21 Å². The third-order valence-corrected chi connectivity index (χ3v) is 5.02. The summed E-state index contributed by atoms with van der Waals surface area (Å²) in [5, 5.41) is 7.31. The van der Waals surface area contributed by atoms with Crippen LogP contribution in [0.1, 0.15) is 33.5 Å². The fourth-order valence-electron chi connectivity index (χ4n) is 1.76. The number of aliphatic imine (C=N–C) groups is 1. The first kappa shape index (κ1) is 18.6. The van der Waals surface area contributed by atoms with Gasteiger partial charge in [-0.25, -0.2) is 4.98 Å². The van der Waals surface area contributed by atoms with Gasteiger partial charge in [0.05, 0.1) is 13.1 Å². The quantitative estimate of drug-likeness (QED) is 0.616. The van der Waals surface area contributed by atoms with Gasteiger partial charge in [-0.05, 0) is 27.7 Å². The van der Waals surface area contributed by atoms with E-state index < -0.39 is 10.8 Å². The molecule has 1 unspecified atom stereocenters. The maximum atomic E-state index is 12.1. The standard InChI is InChI=1S/C14H28N6OS/c1-7-15-13(16-8-9-22(21)14(2,3)4)19(5)10-12-17-11-18-20(12)6/h11H,7-10H2,1-6H3,(H,15,16). The zero-order valence-electron chi connectivity index (χ0n) is 14.5. The van der Waals surface area contributed by atoms with E-state index in [1.54, 1.807) is 11.0 Å². The zero-order chi connectivity index (χ0) is 16.8. The van der Waals surface area contributed by atoms with Crippen molar-refractivity contribution in [3.8, 4) is 0 Å². The lowest BCUT2D eigenvalue weighted by Gasteiger charge is -2.22. The van der Waals surface area contributed by atoms with Crippen LogP contribution in [0, 0.1) is 0 Å². The van der Waals surface area contributed by atoms with Gasteiger partial charge in [-0.1, -0.05) is 0 Å². The second-order valence-corrected chi connectivity index (χ2v) is 8.38. The second-order valence-electron chi connectivity index (χ2n) is 6.05. The van der Waals surface area contributed by atoms with E-state index in [4.69, 9.17) is 0 Å². The number of hydrogen-bond acceptors (Lipinski definition) is 4. The zero-order valence-corrected chi connectivity index (χ0v) is 15.3. The molecule has 1 rings (SSSR count). The molecular formula is C14H28N6OS. The lowest BCUT2D eigenvalue weighted by molar-refractivity contribution is 0.449. The molecule has 0 radical (unpaired) electrons. The molecule has 0 aliphatic heterocycles. The van der Waals surface area contributed by atoms with Crippen LogP contribution in [-0.2, 0) is 24.4 Å². The molecule has 22 heavy (non-hydrogen) atoms. The van der Waals surface area contributed by atoms with Gasteiger partial charge in [0.25, 0.3) is 0 Å². The minimum Gasteiger partial charge on any atom is -0.357 e. The first-order chi connectivity index (χ1) is 10.3. The molecular weight excluding hydrogens is 300 g/mol. The van der Waals surface area contributed by atoms with Crippen LogP contribution >= 0.6 is 0 Å². The molecule has 0 aromatic carbocycles. The third kappa shape index (κ3) is 5.75. The van der Waals surface area contributed by atoms with Crippen LogP contribution in [0.25, 0.3) is 0 Å². The average molecular weight is 328 g/mol. The van der Waals surface area contributed by atoms with Crippen molar-refractivity contribution < 1.29 is 4.21 Å². The van der Waals surface area contributed by atoms with E-state index >= 15 is 0 Å². The summed E-state index contributed by atoms with van der Waals surface area (Å²) >= 11 is 0. The fourth-order valence-corrected chi connectivity index (χ4v) is 2.63. The maximum Gasteiger partial charge on any atom is 0.194 e. The minimum absolute atomic E-state index is 0.196. The maximum absolute atomic E-state index is 12.1. The number of aromatic nitrogens is 3. The Balaban J connectivity index is 2.65. The van der Waals surface area contributed by atoms with Crippen LogP contribution in [0.3, 0.4) is 0 Å². The summed E-state index contributed by atoms with van der Waals surface area (Å²) in [6, 6.07) is 0. The molecule has 1 aromatic rings. The average Bonchev–Trinajstić information content (AvgIpc) is 2.82. The van der Waals surface area contributed by atoms with E-state index in [1.165, 1.54) is 0 Å². The molecule has 7 nitrogen and oxygen atoms in total. The number of aryl methyl sites for hydroxylation is 1. The SMILES string of the molecule is CCNC(=NCCS(=O)C(C)(C)C)N(C)Cc1ncnn1C. The first-order valence-electron chi connectivity index (χ1n) is 7.46. The molecule has 1 heterocycles. The Morgan fingerprint density at radius 2 is 2.18 bits per heavy atom. The summed E-state index contributed by atoms with van der Waals surface area (Å²) < 4.78 is 13.6. The van der Waals surface area contributed by atoms with Crippen molar-refractivity contribution in [1.82, 2.24) is 25.0 Å². The van der Waals surface area contributed by atoms with Gasteiger partial charge < -0.3 is 10.2 Å². The molecule has 0 saturated heterocycles. The monoisotopic (exact) mass is 328 g/mol. The van der Waals surface area contributed by atoms with Crippen molar-refractivity contribution >= 4 is 16.8 Å². The fraction of sp³-hybridized carbons (Fsp3) is 0.786. The molecule has 0 bridgehead atoms. The van der Waals surface area contributed by atoms with Gasteiger partial charge >= 0.3 is 0 Å². The van der Waals surface area contributed by atoms with Gasteiger partial charge in [-0.2, -0.15) is 5.10 Å². The number of nitrogens with zero attached hydrogens (tertiary/aromatic N) is 5. The number of nitrogens with one attached hydrogen (secondary N) is 1. The van der Waals surface area contributed by atoms with Crippen LogP contribution < -0.4 is 5.32 Å². The minimum atomic E-state index is -0.886. The van der Waals surface area contributed by atoms with E-state index in [-0.39, 0.29) is 4.75 Å². The summed E-state index contributed by atoms with van der Waals surface area (Å²) in [5.74, 6) is 2.22. The Labute approximate surface area is 135 Å². The van der Waals surface area contributed by atoms with Gasteiger partial charge in [0.15, 0.2) is 5.96 Å². The Morgan fingerprint density at radius 1 is 1.50 bits per heavy atom. The predicted octanol–water partition coefficient (Wildman–Crippen LogP) is 0.760. The van der Waals surface area contributed by atoms with Crippen molar-refractivity contribution in [3.63, 3.8) is 0 Å². The van der Waals surface area contributed by atoms with E-state index in [2.05, 4.69) is 20.4 Å². The molecule has 0 aliphatic rings. The van der Waals surface area contributed by atoms with Crippen molar-refractivity contribution in [1.29, 1.82) is 0 Å². The van der Waals surface area contributed by atoms with Crippen LogP contribution in [0.15, 0.2) is 11.3 Å². The topological polar surface area (TPSA) is 75.4 Å². The summed E-state index contributed by atoms with van der Waals surface area (Å²) in [6.45, 7) is 9.91. The van der Waals surface area contributed by atoms with E-state index in [1.807, 2.05) is 46.7 Å². The first-order valence-corrected chi connectivity index (χ1v) is 8.78.